The van der Waals surface area contributed by atoms with E-state index >= 15 is 0 Å². The number of carbonyl (C=O) groups excluding carboxylic acids is 1. The molecule has 0 saturated carbocycles. The third kappa shape index (κ3) is 2.33. The number of rotatable bonds is 2. The minimum atomic E-state index is -4.72. The molecule has 0 aliphatic carbocycles. The van der Waals surface area contributed by atoms with E-state index in [-0.39, 0.29) is 0 Å². The van der Waals surface area contributed by atoms with Crippen LogP contribution in [0.3, 0.4) is 0 Å². The summed E-state index contributed by atoms with van der Waals surface area (Å²) in [6, 6.07) is 8.38. The predicted molar refractivity (Wildman–Crippen MR) is 63.6 cm³/mol. The molecule has 4 nitrogen and oxygen atoms in total. The highest BCUT2D eigenvalue weighted by Crippen LogP contribution is 2.22. The van der Waals surface area contributed by atoms with Crippen molar-refractivity contribution in [3.8, 4) is 0 Å². The zero-order valence-electron chi connectivity index (χ0n) is 9.38. The average molecular weight is 268 g/mol. The summed E-state index contributed by atoms with van der Waals surface area (Å²) in [6.45, 7) is 0. The molecule has 0 amide bonds. The molecule has 6 heteroatoms. The monoisotopic (exact) mass is 268 g/mol. The van der Waals surface area contributed by atoms with Gasteiger partial charge in [0.2, 0.25) is 0 Å². The highest BCUT2D eigenvalue weighted by atomic mass is 32.3. The van der Waals surface area contributed by atoms with E-state index in [1.807, 2.05) is 0 Å². The molecule has 0 bridgehead atoms. The van der Waals surface area contributed by atoms with Gasteiger partial charge in [0.05, 0.1) is 17.6 Å². The van der Waals surface area contributed by atoms with Gasteiger partial charge in [-0.05, 0) is 35.0 Å². The summed E-state index contributed by atoms with van der Waals surface area (Å²) in [5, 5.41) is 1.16. The maximum Gasteiger partial charge on any atom is 0.337 e. The highest BCUT2D eigenvalue weighted by Gasteiger charge is 2.13. The molecule has 0 heterocycles. The topological polar surface area (TPSA) is 60.4 Å². The summed E-state index contributed by atoms with van der Waals surface area (Å²) in [5.41, 5.74) is 0.348. The first-order chi connectivity index (χ1) is 8.41. The van der Waals surface area contributed by atoms with Gasteiger partial charge in [0.1, 0.15) is 0 Å². The smallest absolute Gasteiger partial charge is 0.337 e. The van der Waals surface area contributed by atoms with Crippen LogP contribution in [0.25, 0.3) is 10.8 Å². The van der Waals surface area contributed by atoms with Crippen LogP contribution in [0, 0.1) is 0 Å². The number of esters is 1. The number of carbonyl (C=O) groups is 1. The molecule has 18 heavy (non-hydrogen) atoms. The minimum Gasteiger partial charge on any atom is -0.465 e. The summed E-state index contributed by atoms with van der Waals surface area (Å²) in [4.78, 5) is 10.9. The maximum atomic E-state index is 12.8. The maximum absolute atomic E-state index is 12.8. The molecule has 0 unspecified atom stereocenters. The van der Waals surface area contributed by atoms with Crippen molar-refractivity contribution in [1.82, 2.24) is 0 Å². The van der Waals surface area contributed by atoms with E-state index in [1.165, 1.54) is 31.4 Å². The van der Waals surface area contributed by atoms with Crippen LogP contribution in [0.5, 0.6) is 0 Å². The lowest BCUT2D eigenvalue weighted by atomic mass is 10.1. The summed E-state index contributed by atoms with van der Waals surface area (Å²) < 4.78 is 38.9. The third-order valence-corrected chi connectivity index (χ3v) is 3.33. The molecule has 0 aliphatic heterocycles. The van der Waals surface area contributed by atoms with Crippen molar-refractivity contribution in [2.75, 3.05) is 7.11 Å². The van der Waals surface area contributed by atoms with E-state index in [0.29, 0.717) is 16.3 Å². The zero-order chi connectivity index (χ0) is 13.3. The quantitative estimate of drug-likeness (QED) is 0.619. The second-order valence-corrected chi connectivity index (χ2v) is 5.00. The molecule has 0 N–H and O–H groups in total. The van der Waals surface area contributed by atoms with Crippen molar-refractivity contribution in [2.24, 2.45) is 0 Å². The molecular formula is C12H9FO4S. The van der Waals surface area contributed by atoms with Gasteiger partial charge in [-0.15, -0.1) is 3.89 Å². The molecule has 0 aliphatic rings. The molecule has 0 aromatic heterocycles. The zero-order valence-corrected chi connectivity index (χ0v) is 10.2. The molecule has 0 spiro atoms. The Morgan fingerprint density at radius 1 is 1.11 bits per heavy atom. The summed E-state index contributed by atoms with van der Waals surface area (Å²) >= 11 is 0. The first-order valence-corrected chi connectivity index (χ1v) is 6.37. The van der Waals surface area contributed by atoms with Crippen LogP contribution in [0.15, 0.2) is 41.3 Å². The van der Waals surface area contributed by atoms with E-state index in [0.717, 1.165) is 6.07 Å². The van der Waals surface area contributed by atoms with Crippen LogP contribution in [0.4, 0.5) is 3.89 Å². The van der Waals surface area contributed by atoms with Gasteiger partial charge in [0.25, 0.3) is 0 Å². The Kier molecular flexibility index (Phi) is 3.04. The standard InChI is InChI=1S/C12H9FO4S/c1-17-12(14)10-3-2-9-7-11(18(13,15)16)5-4-8(9)6-10/h2-7H,1H3. The van der Waals surface area contributed by atoms with Crippen LogP contribution in [0.1, 0.15) is 10.4 Å². The van der Waals surface area contributed by atoms with Crippen LogP contribution in [-0.4, -0.2) is 21.5 Å². The Labute approximate surface area is 103 Å². The number of hydrogen-bond donors (Lipinski definition) is 0. The average Bonchev–Trinajstić information content (AvgIpc) is 2.35. The Morgan fingerprint density at radius 3 is 2.33 bits per heavy atom. The Balaban J connectivity index is 2.59. The molecule has 0 saturated heterocycles. The number of halogens is 1. The Morgan fingerprint density at radius 2 is 1.72 bits per heavy atom. The van der Waals surface area contributed by atoms with Gasteiger partial charge in [-0.1, -0.05) is 12.1 Å². The lowest BCUT2D eigenvalue weighted by Gasteiger charge is -2.03. The van der Waals surface area contributed by atoms with E-state index in [1.54, 1.807) is 6.07 Å². The molecule has 0 radical (unpaired) electrons. The summed E-state index contributed by atoms with van der Waals surface area (Å²) in [6.07, 6.45) is 0. The van der Waals surface area contributed by atoms with Crippen molar-refractivity contribution in [3.05, 3.63) is 42.0 Å². The molecule has 0 atom stereocenters. The highest BCUT2D eigenvalue weighted by molar-refractivity contribution is 7.86. The molecule has 0 fully saturated rings. The summed E-state index contributed by atoms with van der Waals surface area (Å²) in [7, 11) is -3.45. The van der Waals surface area contributed by atoms with Gasteiger partial charge in [-0.25, -0.2) is 4.79 Å². The van der Waals surface area contributed by atoms with Gasteiger partial charge in [0, 0.05) is 0 Å². The van der Waals surface area contributed by atoms with E-state index < -0.39 is 21.1 Å². The van der Waals surface area contributed by atoms with Crippen LogP contribution < -0.4 is 0 Å². The van der Waals surface area contributed by atoms with Crippen molar-refractivity contribution in [1.29, 1.82) is 0 Å². The van der Waals surface area contributed by atoms with Gasteiger partial charge in [0.15, 0.2) is 0 Å². The molecule has 2 rings (SSSR count). The van der Waals surface area contributed by atoms with Crippen molar-refractivity contribution in [3.63, 3.8) is 0 Å². The molecule has 2 aromatic carbocycles. The van der Waals surface area contributed by atoms with E-state index in [9.17, 15) is 17.1 Å². The molecule has 94 valence electrons. The normalized spacial score (nSPS) is 11.4. The number of methoxy groups -OCH3 is 1. The van der Waals surface area contributed by atoms with Gasteiger partial charge in [-0.2, -0.15) is 8.42 Å². The van der Waals surface area contributed by atoms with Crippen molar-refractivity contribution in [2.45, 2.75) is 4.90 Å². The lowest BCUT2D eigenvalue weighted by molar-refractivity contribution is 0.0601. The van der Waals surface area contributed by atoms with E-state index in [2.05, 4.69) is 4.74 Å². The lowest BCUT2D eigenvalue weighted by Crippen LogP contribution is -2.00. The van der Waals surface area contributed by atoms with Crippen molar-refractivity contribution < 1.29 is 21.8 Å². The second kappa shape index (κ2) is 4.38. The van der Waals surface area contributed by atoms with Crippen LogP contribution in [-0.2, 0) is 15.0 Å². The fourth-order valence-corrected chi connectivity index (χ4v) is 2.12. The first-order valence-electron chi connectivity index (χ1n) is 4.98. The number of benzene rings is 2. The summed E-state index contributed by atoms with van der Waals surface area (Å²) in [5.74, 6) is -0.487. The third-order valence-electron chi connectivity index (χ3n) is 2.51. The van der Waals surface area contributed by atoms with Gasteiger partial charge < -0.3 is 4.74 Å². The van der Waals surface area contributed by atoms with Crippen LogP contribution in [0.2, 0.25) is 0 Å². The number of hydrogen-bond acceptors (Lipinski definition) is 4. The largest absolute Gasteiger partial charge is 0.465 e. The predicted octanol–water partition coefficient (Wildman–Crippen LogP) is 2.28. The fraction of sp³-hybridized carbons (Fsp3) is 0.0833. The van der Waals surface area contributed by atoms with Gasteiger partial charge >= 0.3 is 16.2 Å². The SMILES string of the molecule is COC(=O)c1ccc2cc(S(=O)(=O)F)ccc2c1. The second-order valence-electron chi connectivity index (χ2n) is 3.65. The minimum absolute atomic E-state index is 0.348. The fourth-order valence-electron chi connectivity index (χ4n) is 1.62. The van der Waals surface area contributed by atoms with Crippen LogP contribution >= 0.6 is 0 Å². The number of ether oxygens (including phenoxy) is 1. The van der Waals surface area contributed by atoms with Gasteiger partial charge in [-0.3, -0.25) is 0 Å². The van der Waals surface area contributed by atoms with Crippen molar-refractivity contribution >= 4 is 27.0 Å². The van der Waals surface area contributed by atoms with E-state index in [4.69, 9.17) is 0 Å². The molecule has 2 aromatic rings. The Bertz CT molecular complexity index is 722. The molecular weight excluding hydrogens is 259 g/mol. The number of fused-ring (bicyclic) bond motifs is 1. The first kappa shape index (κ1) is 12.5. The Hall–Kier alpha value is -1.95.